The lowest BCUT2D eigenvalue weighted by atomic mass is 9.92. The molecule has 1 aliphatic carbocycles. The average Bonchev–Trinajstić information content (AvgIpc) is 3.04. The minimum Gasteiger partial charge on any atom is -0.496 e. The average molecular weight is 380 g/mol. The van der Waals surface area contributed by atoms with Crippen molar-refractivity contribution >= 4 is 10.8 Å². The minimum atomic E-state index is 0.896. The molecule has 3 aromatic carbocycles. The maximum absolute atomic E-state index is 5.84. The SMILES string of the molecule is COc1ccc2ccccc2c1-c1nc(-c2ccccc2)cc2c1CCCCC2. The van der Waals surface area contributed by atoms with Crippen LogP contribution in [0.1, 0.15) is 30.4 Å². The van der Waals surface area contributed by atoms with Crippen molar-refractivity contribution in [1.82, 2.24) is 4.98 Å². The molecule has 0 saturated heterocycles. The van der Waals surface area contributed by atoms with Crippen molar-refractivity contribution in [1.29, 1.82) is 0 Å². The maximum atomic E-state index is 5.84. The smallest absolute Gasteiger partial charge is 0.128 e. The van der Waals surface area contributed by atoms with Gasteiger partial charge in [-0.2, -0.15) is 0 Å². The van der Waals surface area contributed by atoms with Crippen LogP contribution in [0.25, 0.3) is 33.3 Å². The van der Waals surface area contributed by atoms with Crippen LogP contribution in [0.15, 0.2) is 72.8 Å². The lowest BCUT2D eigenvalue weighted by Gasteiger charge is -2.18. The van der Waals surface area contributed by atoms with Gasteiger partial charge in [-0.1, -0.05) is 67.1 Å². The van der Waals surface area contributed by atoms with Gasteiger partial charge >= 0.3 is 0 Å². The van der Waals surface area contributed by atoms with Gasteiger partial charge in [-0.05, 0) is 59.7 Å². The predicted molar refractivity (Wildman–Crippen MR) is 120 cm³/mol. The Balaban J connectivity index is 1.84. The van der Waals surface area contributed by atoms with Gasteiger partial charge in [0.05, 0.1) is 24.1 Å². The Morgan fingerprint density at radius 3 is 2.45 bits per heavy atom. The Morgan fingerprint density at radius 1 is 0.793 bits per heavy atom. The molecule has 0 atom stereocenters. The molecule has 1 heterocycles. The molecule has 1 aromatic heterocycles. The number of ether oxygens (including phenoxy) is 1. The molecule has 144 valence electrons. The van der Waals surface area contributed by atoms with Gasteiger partial charge in [-0.15, -0.1) is 0 Å². The Hall–Kier alpha value is -3.13. The molecule has 5 rings (SSSR count). The first-order valence-corrected chi connectivity index (χ1v) is 10.5. The van der Waals surface area contributed by atoms with Crippen molar-refractivity contribution in [2.24, 2.45) is 0 Å². The highest BCUT2D eigenvalue weighted by atomic mass is 16.5. The van der Waals surface area contributed by atoms with E-state index in [0.717, 1.165) is 35.5 Å². The van der Waals surface area contributed by atoms with Gasteiger partial charge in [0, 0.05) is 5.56 Å². The van der Waals surface area contributed by atoms with Crippen LogP contribution in [0.4, 0.5) is 0 Å². The quantitative estimate of drug-likeness (QED) is 0.363. The maximum Gasteiger partial charge on any atom is 0.128 e. The molecule has 0 spiro atoms. The third kappa shape index (κ3) is 3.29. The van der Waals surface area contributed by atoms with Gasteiger partial charge in [0.2, 0.25) is 0 Å². The van der Waals surface area contributed by atoms with Gasteiger partial charge in [0.25, 0.3) is 0 Å². The molecule has 0 bridgehead atoms. The van der Waals surface area contributed by atoms with Crippen LogP contribution in [0.3, 0.4) is 0 Å². The summed E-state index contributed by atoms with van der Waals surface area (Å²) in [6, 6.07) is 25.6. The van der Waals surface area contributed by atoms with Crippen molar-refractivity contribution < 1.29 is 4.74 Å². The van der Waals surface area contributed by atoms with Crippen molar-refractivity contribution in [2.45, 2.75) is 32.1 Å². The number of hydrogen-bond donors (Lipinski definition) is 0. The topological polar surface area (TPSA) is 22.1 Å². The fourth-order valence-electron chi connectivity index (χ4n) is 4.55. The Labute approximate surface area is 172 Å². The van der Waals surface area contributed by atoms with Crippen LogP contribution in [-0.4, -0.2) is 12.1 Å². The van der Waals surface area contributed by atoms with E-state index in [4.69, 9.17) is 9.72 Å². The summed E-state index contributed by atoms with van der Waals surface area (Å²) in [5.41, 5.74) is 7.29. The molecule has 0 saturated carbocycles. The summed E-state index contributed by atoms with van der Waals surface area (Å²) in [5, 5.41) is 2.42. The lowest BCUT2D eigenvalue weighted by Crippen LogP contribution is -2.02. The molecular weight excluding hydrogens is 354 g/mol. The normalized spacial score (nSPS) is 13.7. The number of rotatable bonds is 3. The van der Waals surface area contributed by atoms with E-state index in [0.29, 0.717) is 0 Å². The molecule has 2 nitrogen and oxygen atoms in total. The summed E-state index contributed by atoms with van der Waals surface area (Å²) in [6.45, 7) is 0. The van der Waals surface area contributed by atoms with Crippen LogP contribution >= 0.6 is 0 Å². The molecule has 0 amide bonds. The first-order valence-electron chi connectivity index (χ1n) is 10.5. The first kappa shape index (κ1) is 17.9. The molecule has 0 aliphatic heterocycles. The molecular formula is C27H25NO. The highest BCUT2D eigenvalue weighted by Crippen LogP contribution is 2.41. The van der Waals surface area contributed by atoms with Crippen LogP contribution in [0, 0.1) is 0 Å². The minimum absolute atomic E-state index is 0.896. The van der Waals surface area contributed by atoms with Crippen molar-refractivity contribution in [2.75, 3.05) is 7.11 Å². The van der Waals surface area contributed by atoms with Crippen molar-refractivity contribution in [3.05, 3.63) is 83.9 Å². The number of nitrogens with zero attached hydrogens (tertiary/aromatic N) is 1. The number of aryl methyl sites for hydroxylation is 1. The van der Waals surface area contributed by atoms with Crippen LogP contribution in [0.5, 0.6) is 5.75 Å². The number of hydrogen-bond acceptors (Lipinski definition) is 2. The van der Waals surface area contributed by atoms with E-state index < -0.39 is 0 Å². The van der Waals surface area contributed by atoms with E-state index in [1.54, 1.807) is 7.11 Å². The van der Waals surface area contributed by atoms with E-state index in [1.165, 1.54) is 46.7 Å². The van der Waals surface area contributed by atoms with E-state index >= 15 is 0 Å². The molecule has 0 radical (unpaired) electrons. The van der Waals surface area contributed by atoms with E-state index in [2.05, 4.69) is 72.8 Å². The summed E-state index contributed by atoms with van der Waals surface area (Å²) in [5.74, 6) is 0.896. The first-order chi connectivity index (χ1) is 14.3. The molecule has 0 fully saturated rings. The number of aromatic nitrogens is 1. The third-order valence-corrected chi connectivity index (χ3v) is 6.01. The van der Waals surface area contributed by atoms with Gasteiger partial charge in [0.1, 0.15) is 5.75 Å². The molecule has 0 unspecified atom stereocenters. The van der Waals surface area contributed by atoms with Crippen LogP contribution < -0.4 is 4.74 Å². The highest BCUT2D eigenvalue weighted by Gasteiger charge is 2.21. The lowest BCUT2D eigenvalue weighted by molar-refractivity contribution is 0.417. The summed E-state index contributed by atoms with van der Waals surface area (Å²) >= 11 is 0. The fraction of sp³-hybridized carbons (Fsp3) is 0.222. The van der Waals surface area contributed by atoms with Gasteiger partial charge in [-0.3, -0.25) is 0 Å². The zero-order valence-electron chi connectivity index (χ0n) is 16.8. The summed E-state index contributed by atoms with van der Waals surface area (Å²) in [4.78, 5) is 5.25. The van der Waals surface area contributed by atoms with E-state index in [1.807, 2.05) is 0 Å². The summed E-state index contributed by atoms with van der Waals surface area (Å²) in [6.07, 6.45) is 5.95. The van der Waals surface area contributed by atoms with E-state index in [9.17, 15) is 0 Å². The summed E-state index contributed by atoms with van der Waals surface area (Å²) < 4.78 is 5.84. The van der Waals surface area contributed by atoms with Gasteiger partial charge in [0.15, 0.2) is 0 Å². The summed E-state index contributed by atoms with van der Waals surface area (Å²) in [7, 11) is 1.76. The second-order valence-corrected chi connectivity index (χ2v) is 7.78. The third-order valence-electron chi connectivity index (χ3n) is 6.01. The van der Waals surface area contributed by atoms with E-state index in [-0.39, 0.29) is 0 Å². The Kier molecular flexibility index (Phi) is 4.77. The zero-order chi connectivity index (χ0) is 19.6. The monoisotopic (exact) mass is 379 g/mol. The Bertz CT molecular complexity index is 1160. The molecule has 29 heavy (non-hydrogen) atoms. The predicted octanol–water partition coefficient (Wildman–Crippen LogP) is 6.85. The second-order valence-electron chi connectivity index (χ2n) is 7.78. The molecule has 1 aliphatic rings. The highest BCUT2D eigenvalue weighted by molar-refractivity contribution is 6.00. The Morgan fingerprint density at radius 2 is 1.59 bits per heavy atom. The molecule has 0 N–H and O–H groups in total. The largest absolute Gasteiger partial charge is 0.496 e. The van der Waals surface area contributed by atoms with Crippen molar-refractivity contribution in [3.8, 4) is 28.3 Å². The standard InChI is InChI=1S/C27H25NO/c1-29-25-17-16-19-10-8-9-14-22(19)26(25)27-23-15-7-3-6-13-21(23)18-24(28-27)20-11-4-2-5-12-20/h2,4-5,8-12,14,16-18H,3,6-7,13,15H2,1H3. The van der Waals surface area contributed by atoms with Crippen LogP contribution in [-0.2, 0) is 12.8 Å². The number of pyridine rings is 1. The van der Waals surface area contributed by atoms with Gasteiger partial charge in [-0.25, -0.2) is 4.98 Å². The zero-order valence-corrected chi connectivity index (χ0v) is 16.8. The number of fused-ring (bicyclic) bond motifs is 2. The van der Waals surface area contributed by atoms with Crippen molar-refractivity contribution in [3.63, 3.8) is 0 Å². The second kappa shape index (κ2) is 7.71. The fourth-order valence-corrected chi connectivity index (χ4v) is 4.55. The number of benzene rings is 3. The van der Waals surface area contributed by atoms with Crippen LogP contribution in [0.2, 0.25) is 0 Å². The molecule has 2 heteroatoms. The number of methoxy groups -OCH3 is 1. The molecule has 4 aromatic rings. The van der Waals surface area contributed by atoms with Gasteiger partial charge < -0.3 is 4.74 Å².